The largest absolute Gasteiger partial charge is 0.586 e. The van der Waals surface area contributed by atoms with E-state index >= 15 is 0 Å². The molecule has 3 aromatic rings. The molecule has 0 bridgehead atoms. The number of carbonyl (C=O) groups excluding carboxylic acids is 1. The summed E-state index contributed by atoms with van der Waals surface area (Å²) in [5, 5.41) is 8.96. The molecule has 2 aliphatic heterocycles. The molecule has 0 unspecified atom stereocenters. The smallest absolute Gasteiger partial charge is 0.443 e. The lowest BCUT2D eigenvalue weighted by atomic mass is 10.1. The van der Waals surface area contributed by atoms with Crippen molar-refractivity contribution in [2.24, 2.45) is 0 Å². The minimum atomic E-state index is -3.75. The Hall–Kier alpha value is -3.86. The van der Waals surface area contributed by atoms with Crippen LogP contribution >= 0.6 is 11.6 Å². The summed E-state index contributed by atoms with van der Waals surface area (Å²) in [5.41, 5.74) is 2.95. The minimum absolute atomic E-state index is 0.104. The third-order valence-corrected chi connectivity index (χ3v) is 5.76. The number of amides is 1. The zero-order chi connectivity index (χ0) is 22.7. The Kier molecular flexibility index (Phi) is 4.24. The van der Waals surface area contributed by atoms with Gasteiger partial charge >= 0.3 is 12.4 Å². The molecule has 1 saturated heterocycles. The Balaban J connectivity index is 1.25. The van der Waals surface area contributed by atoms with Gasteiger partial charge in [0.1, 0.15) is 11.1 Å². The number of para-hydroxylation sites is 1. The quantitative estimate of drug-likeness (QED) is 0.503. The number of nitrogens with zero attached hydrogens (tertiary/aromatic N) is 2. The fourth-order valence-corrected chi connectivity index (χ4v) is 4.24. The molecule has 33 heavy (non-hydrogen) atoms. The molecule has 3 N–H and O–H groups in total. The number of halogens is 3. The first-order chi connectivity index (χ1) is 15.8. The van der Waals surface area contributed by atoms with E-state index in [9.17, 15) is 13.6 Å². The van der Waals surface area contributed by atoms with Gasteiger partial charge in [-0.1, -0.05) is 23.7 Å². The normalized spacial score (nSPS) is 21.1. The van der Waals surface area contributed by atoms with Gasteiger partial charge in [0.25, 0.3) is 0 Å². The van der Waals surface area contributed by atoms with Crippen LogP contribution in [0.15, 0.2) is 42.6 Å². The van der Waals surface area contributed by atoms with E-state index in [1.807, 2.05) is 18.2 Å². The van der Waals surface area contributed by atoms with Crippen LogP contribution in [0, 0.1) is 0 Å². The molecule has 1 amide bonds. The van der Waals surface area contributed by atoms with E-state index < -0.39 is 12.4 Å². The SMILES string of the molecule is O=C1N[C@H]2c3cc(Nc4ncc(Cl)c(Nc5cccc6c5OC(F)(F)O6)n4)ccc3C[C@H]2O1. The third-order valence-electron chi connectivity index (χ3n) is 5.49. The van der Waals surface area contributed by atoms with Gasteiger partial charge in [0.15, 0.2) is 17.3 Å². The van der Waals surface area contributed by atoms with Crippen molar-refractivity contribution in [3.8, 4) is 11.5 Å². The van der Waals surface area contributed by atoms with Crippen molar-refractivity contribution in [2.75, 3.05) is 10.6 Å². The number of alkyl halides is 2. The van der Waals surface area contributed by atoms with Crippen LogP contribution in [0.2, 0.25) is 5.02 Å². The number of anilines is 4. The average molecular weight is 474 g/mol. The molecule has 2 aromatic carbocycles. The average Bonchev–Trinajstić information content (AvgIpc) is 3.39. The summed E-state index contributed by atoms with van der Waals surface area (Å²) in [6, 6.07) is 9.95. The number of fused-ring (bicyclic) bond motifs is 4. The number of aromatic nitrogens is 2. The van der Waals surface area contributed by atoms with Gasteiger partial charge in [-0.2, -0.15) is 4.98 Å². The summed E-state index contributed by atoms with van der Waals surface area (Å²) in [6.07, 6.45) is -2.36. The molecule has 6 rings (SSSR count). The first-order valence-corrected chi connectivity index (χ1v) is 10.3. The number of benzene rings is 2. The molecule has 9 nitrogen and oxygen atoms in total. The zero-order valence-corrected chi connectivity index (χ0v) is 17.3. The highest BCUT2D eigenvalue weighted by atomic mass is 35.5. The Bertz CT molecular complexity index is 1310. The molecule has 168 valence electrons. The van der Waals surface area contributed by atoms with E-state index in [-0.39, 0.29) is 46.1 Å². The molecule has 12 heteroatoms. The van der Waals surface area contributed by atoms with Gasteiger partial charge in [-0.25, -0.2) is 9.78 Å². The second-order valence-corrected chi connectivity index (χ2v) is 8.03. The summed E-state index contributed by atoms with van der Waals surface area (Å²) in [7, 11) is 0. The number of ether oxygens (including phenoxy) is 3. The second kappa shape index (κ2) is 7.07. The Morgan fingerprint density at radius 1 is 1.18 bits per heavy atom. The molecule has 2 atom stereocenters. The van der Waals surface area contributed by atoms with Crippen molar-refractivity contribution >= 4 is 40.8 Å². The van der Waals surface area contributed by atoms with Crippen LogP contribution in [0.4, 0.5) is 36.7 Å². The number of hydrogen-bond acceptors (Lipinski definition) is 8. The van der Waals surface area contributed by atoms with Crippen molar-refractivity contribution in [3.05, 3.63) is 58.7 Å². The lowest BCUT2D eigenvalue weighted by Gasteiger charge is -2.13. The lowest BCUT2D eigenvalue weighted by Crippen LogP contribution is -2.26. The Morgan fingerprint density at radius 3 is 2.94 bits per heavy atom. The Morgan fingerprint density at radius 2 is 2.06 bits per heavy atom. The molecule has 0 saturated carbocycles. The van der Waals surface area contributed by atoms with E-state index in [1.165, 1.54) is 24.4 Å². The number of nitrogens with one attached hydrogen (secondary N) is 3. The first-order valence-electron chi connectivity index (χ1n) is 9.90. The van der Waals surface area contributed by atoms with E-state index in [2.05, 4.69) is 35.4 Å². The maximum absolute atomic E-state index is 13.5. The summed E-state index contributed by atoms with van der Waals surface area (Å²) in [4.78, 5) is 20.1. The molecule has 3 aliphatic rings. The van der Waals surface area contributed by atoms with E-state index in [4.69, 9.17) is 16.3 Å². The van der Waals surface area contributed by atoms with Gasteiger partial charge in [-0.3, -0.25) is 0 Å². The fourth-order valence-electron chi connectivity index (χ4n) is 4.10. The van der Waals surface area contributed by atoms with Gasteiger partial charge in [0, 0.05) is 12.1 Å². The molecule has 1 fully saturated rings. The van der Waals surface area contributed by atoms with E-state index in [1.54, 1.807) is 0 Å². The number of hydrogen-bond donors (Lipinski definition) is 3. The highest BCUT2D eigenvalue weighted by molar-refractivity contribution is 6.33. The summed E-state index contributed by atoms with van der Waals surface area (Å²) in [6.45, 7) is 0. The van der Waals surface area contributed by atoms with Gasteiger partial charge in [-0.05, 0) is 35.4 Å². The topological polar surface area (TPSA) is 107 Å². The molecule has 3 heterocycles. The van der Waals surface area contributed by atoms with Crippen molar-refractivity contribution in [2.45, 2.75) is 24.9 Å². The number of rotatable bonds is 4. The maximum Gasteiger partial charge on any atom is 0.586 e. The van der Waals surface area contributed by atoms with Crippen LogP contribution in [0.5, 0.6) is 11.5 Å². The molecule has 1 aromatic heterocycles. The van der Waals surface area contributed by atoms with Crippen molar-refractivity contribution in [1.29, 1.82) is 0 Å². The van der Waals surface area contributed by atoms with Crippen molar-refractivity contribution in [3.63, 3.8) is 0 Å². The van der Waals surface area contributed by atoms with Gasteiger partial charge in [-0.15, -0.1) is 8.78 Å². The third kappa shape index (κ3) is 3.50. The van der Waals surface area contributed by atoms with Crippen LogP contribution < -0.4 is 25.4 Å². The molecular weight excluding hydrogens is 460 g/mol. The zero-order valence-electron chi connectivity index (χ0n) is 16.6. The van der Waals surface area contributed by atoms with Crippen LogP contribution in [-0.4, -0.2) is 28.5 Å². The van der Waals surface area contributed by atoms with Crippen LogP contribution in [0.25, 0.3) is 0 Å². The first kappa shape index (κ1) is 19.8. The van der Waals surface area contributed by atoms with E-state index in [0.717, 1.165) is 11.1 Å². The number of carbonyl (C=O) groups is 1. The molecule has 0 spiro atoms. The van der Waals surface area contributed by atoms with Gasteiger partial charge < -0.3 is 30.2 Å². The summed E-state index contributed by atoms with van der Waals surface area (Å²) >= 11 is 6.22. The summed E-state index contributed by atoms with van der Waals surface area (Å²) < 4.78 is 41.3. The fraction of sp³-hybridized carbons (Fsp3) is 0.190. The summed E-state index contributed by atoms with van der Waals surface area (Å²) in [5.74, 6) is 0.144. The van der Waals surface area contributed by atoms with Crippen molar-refractivity contribution < 1.29 is 27.8 Å². The molecular formula is C21H14ClF2N5O4. The predicted octanol–water partition coefficient (Wildman–Crippen LogP) is 4.64. The highest BCUT2D eigenvalue weighted by Gasteiger charge is 2.45. The molecule has 0 radical (unpaired) electrons. The van der Waals surface area contributed by atoms with E-state index in [0.29, 0.717) is 12.1 Å². The maximum atomic E-state index is 13.5. The lowest BCUT2D eigenvalue weighted by molar-refractivity contribution is -0.286. The van der Waals surface area contributed by atoms with Crippen LogP contribution in [0.1, 0.15) is 17.2 Å². The monoisotopic (exact) mass is 473 g/mol. The number of alkyl carbamates (subject to hydrolysis) is 1. The minimum Gasteiger partial charge on any atom is -0.443 e. The Labute approximate surface area is 190 Å². The second-order valence-electron chi connectivity index (χ2n) is 7.62. The molecule has 1 aliphatic carbocycles. The predicted molar refractivity (Wildman–Crippen MR) is 113 cm³/mol. The van der Waals surface area contributed by atoms with Crippen LogP contribution in [0.3, 0.4) is 0 Å². The highest BCUT2D eigenvalue weighted by Crippen LogP contribution is 2.46. The standard InChI is InChI=1S/C21H14ClF2N5O4/c22-12-8-25-19(26-10-5-4-9-6-15-16(11(9)7-10)28-20(30)31-15)29-18(12)27-13-2-1-3-14-17(13)33-21(23,24)32-14/h1-5,7-8,15-16H,6H2,(H,28,30)(H2,25,26,27,29)/t15-,16+/m1/s1. The van der Waals surface area contributed by atoms with Crippen LogP contribution in [-0.2, 0) is 11.2 Å². The van der Waals surface area contributed by atoms with Gasteiger partial charge in [0.2, 0.25) is 5.95 Å². The van der Waals surface area contributed by atoms with Crippen molar-refractivity contribution in [1.82, 2.24) is 15.3 Å². The van der Waals surface area contributed by atoms with Gasteiger partial charge in [0.05, 0.1) is 17.9 Å².